The summed E-state index contributed by atoms with van der Waals surface area (Å²) in [7, 11) is 0. The van der Waals surface area contributed by atoms with Crippen molar-refractivity contribution in [3.05, 3.63) is 54.1 Å². The monoisotopic (exact) mass is 253 g/mol. The number of carbonyl (C=O) groups is 1. The maximum absolute atomic E-state index is 10.9. The van der Waals surface area contributed by atoms with Crippen LogP contribution in [0.1, 0.15) is 10.4 Å². The predicted octanol–water partition coefficient (Wildman–Crippen LogP) is 3.24. The summed E-state index contributed by atoms with van der Waals surface area (Å²) in [4.78, 5) is 14.1. The molecule has 0 bridgehead atoms. The average molecular weight is 253 g/mol. The van der Waals surface area contributed by atoms with E-state index in [9.17, 15) is 9.90 Å². The zero-order valence-corrected chi connectivity index (χ0v) is 9.92. The van der Waals surface area contributed by atoms with Gasteiger partial charge in [-0.05, 0) is 23.8 Å². The summed E-state index contributed by atoms with van der Waals surface area (Å²) < 4.78 is 0. The Morgan fingerprint density at radius 3 is 2.47 bits per heavy atom. The van der Waals surface area contributed by atoms with Crippen LogP contribution in [0.3, 0.4) is 0 Å². The number of hydrogen-bond donors (Lipinski definition) is 3. The molecule has 0 aliphatic carbocycles. The van der Waals surface area contributed by atoms with Crippen LogP contribution in [0.4, 0.5) is 0 Å². The lowest BCUT2D eigenvalue weighted by atomic mass is 10.1. The number of aromatic amines is 1. The average Bonchev–Trinajstić information content (AvgIpc) is 2.84. The molecule has 1 aromatic heterocycles. The summed E-state index contributed by atoms with van der Waals surface area (Å²) >= 11 is 0. The highest BCUT2D eigenvalue weighted by Crippen LogP contribution is 2.31. The Balaban J connectivity index is 2.21. The highest BCUT2D eigenvalue weighted by molar-refractivity contribution is 5.98. The Labute approximate surface area is 108 Å². The minimum Gasteiger partial charge on any atom is -0.507 e. The summed E-state index contributed by atoms with van der Waals surface area (Å²) in [6, 6.07) is 14.2. The SMILES string of the molecule is O=C(O)c1cc(O)c2cc(-c3ccccc3)[nH]c2c1. The first kappa shape index (κ1) is 11.3. The standard InChI is InChI=1S/C15H11NO3/c17-14-7-10(15(18)19)6-13-11(14)8-12(16-13)9-4-2-1-3-5-9/h1-8,16-17H,(H,18,19). The van der Waals surface area contributed by atoms with Crippen molar-refractivity contribution in [1.29, 1.82) is 0 Å². The van der Waals surface area contributed by atoms with E-state index >= 15 is 0 Å². The Hall–Kier alpha value is -2.75. The van der Waals surface area contributed by atoms with Crippen LogP contribution >= 0.6 is 0 Å². The molecule has 4 heteroatoms. The lowest BCUT2D eigenvalue weighted by Crippen LogP contribution is -1.95. The molecule has 4 nitrogen and oxygen atoms in total. The van der Waals surface area contributed by atoms with E-state index < -0.39 is 5.97 Å². The molecule has 0 unspecified atom stereocenters. The number of carboxylic acid groups (broad SMARTS) is 1. The minimum absolute atomic E-state index is 0.0340. The van der Waals surface area contributed by atoms with Crippen molar-refractivity contribution < 1.29 is 15.0 Å². The van der Waals surface area contributed by atoms with Gasteiger partial charge in [0.05, 0.1) is 11.1 Å². The quantitative estimate of drug-likeness (QED) is 0.656. The number of nitrogens with one attached hydrogen (secondary N) is 1. The van der Waals surface area contributed by atoms with Crippen LogP contribution in [0.5, 0.6) is 5.75 Å². The Morgan fingerprint density at radius 2 is 1.79 bits per heavy atom. The molecule has 19 heavy (non-hydrogen) atoms. The molecule has 0 aliphatic rings. The topological polar surface area (TPSA) is 73.3 Å². The van der Waals surface area contributed by atoms with Gasteiger partial charge in [-0.2, -0.15) is 0 Å². The maximum atomic E-state index is 10.9. The number of aromatic nitrogens is 1. The van der Waals surface area contributed by atoms with Gasteiger partial charge in [0.15, 0.2) is 0 Å². The van der Waals surface area contributed by atoms with E-state index in [1.807, 2.05) is 36.4 Å². The van der Waals surface area contributed by atoms with E-state index in [2.05, 4.69) is 4.98 Å². The van der Waals surface area contributed by atoms with Gasteiger partial charge in [0.1, 0.15) is 5.75 Å². The number of aromatic hydroxyl groups is 1. The summed E-state index contributed by atoms with van der Waals surface area (Å²) in [5, 5.41) is 19.5. The van der Waals surface area contributed by atoms with E-state index in [0.717, 1.165) is 11.3 Å². The Bertz CT molecular complexity index is 760. The lowest BCUT2D eigenvalue weighted by molar-refractivity contribution is 0.0696. The molecule has 2 aromatic carbocycles. The van der Waals surface area contributed by atoms with Crippen LogP contribution in [0.15, 0.2) is 48.5 Å². The highest BCUT2D eigenvalue weighted by Gasteiger charge is 2.11. The summed E-state index contributed by atoms with van der Waals surface area (Å²) in [5.41, 5.74) is 2.49. The van der Waals surface area contributed by atoms with Crippen LogP contribution < -0.4 is 0 Å². The van der Waals surface area contributed by atoms with Crippen molar-refractivity contribution in [2.45, 2.75) is 0 Å². The number of fused-ring (bicyclic) bond motifs is 1. The molecule has 3 rings (SSSR count). The molecule has 3 N–H and O–H groups in total. The van der Waals surface area contributed by atoms with Gasteiger partial charge in [0.2, 0.25) is 0 Å². The molecular formula is C15H11NO3. The van der Waals surface area contributed by atoms with Crippen LogP contribution in [-0.4, -0.2) is 21.2 Å². The van der Waals surface area contributed by atoms with E-state index in [1.165, 1.54) is 12.1 Å². The van der Waals surface area contributed by atoms with Gasteiger partial charge in [-0.25, -0.2) is 4.79 Å². The molecule has 0 saturated heterocycles. The van der Waals surface area contributed by atoms with Crippen molar-refractivity contribution in [3.63, 3.8) is 0 Å². The summed E-state index contributed by atoms with van der Waals surface area (Å²) in [5.74, 6) is -1.10. The third-order valence-corrected chi connectivity index (χ3v) is 3.05. The van der Waals surface area contributed by atoms with Crippen LogP contribution in [0.25, 0.3) is 22.2 Å². The molecule has 0 saturated carbocycles. The third kappa shape index (κ3) is 1.93. The fraction of sp³-hybridized carbons (Fsp3) is 0. The Kier molecular flexibility index (Phi) is 2.49. The van der Waals surface area contributed by atoms with E-state index in [4.69, 9.17) is 5.11 Å². The fourth-order valence-corrected chi connectivity index (χ4v) is 2.12. The normalized spacial score (nSPS) is 10.7. The molecule has 1 heterocycles. The van der Waals surface area contributed by atoms with Crippen LogP contribution in [0.2, 0.25) is 0 Å². The number of rotatable bonds is 2. The van der Waals surface area contributed by atoms with Gasteiger partial charge < -0.3 is 15.2 Å². The summed E-state index contributed by atoms with van der Waals surface area (Å²) in [6.07, 6.45) is 0. The molecule has 0 radical (unpaired) electrons. The molecule has 0 amide bonds. The van der Waals surface area contributed by atoms with Gasteiger partial charge in [0.25, 0.3) is 0 Å². The van der Waals surface area contributed by atoms with Gasteiger partial charge in [0, 0.05) is 11.1 Å². The molecule has 94 valence electrons. The van der Waals surface area contributed by atoms with Gasteiger partial charge in [-0.3, -0.25) is 0 Å². The van der Waals surface area contributed by atoms with Crippen molar-refractivity contribution in [2.24, 2.45) is 0 Å². The first-order valence-corrected chi connectivity index (χ1v) is 5.79. The first-order chi connectivity index (χ1) is 9.15. The number of H-pyrrole nitrogens is 1. The zero-order valence-electron chi connectivity index (χ0n) is 9.92. The molecule has 0 aliphatic heterocycles. The predicted molar refractivity (Wildman–Crippen MR) is 72.4 cm³/mol. The van der Waals surface area contributed by atoms with Crippen molar-refractivity contribution in [3.8, 4) is 17.0 Å². The molecule has 0 spiro atoms. The van der Waals surface area contributed by atoms with Gasteiger partial charge >= 0.3 is 5.97 Å². The number of carboxylic acids is 1. The fourth-order valence-electron chi connectivity index (χ4n) is 2.12. The van der Waals surface area contributed by atoms with E-state index in [-0.39, 0.29) is 11.3 Å². The molecular weight excluding hydrogens is 242 g/mol. The van der Waals surface area contributed by atoms with Gasteiger partial charge in [-0.15, -0.1) is 0 Å². The van der Waals surface area contributed by atoms with Crippen molar-refractivity contribution in [2.75, 3.05) is 0 Å². The highest BCUT2D eigenvalue weighted by atomic mass is 16.4. The van der Waals surface area contributed by atoms with Gasteiger partial charge in [-0.1, -0.05) is 30.3 Å². The van der Waals surface area contributed by atoms with E-state index in [1.54, 1.807) is 0 Å². The first-order valence-electron chi connectivity index (χ1n) is 5.79. The van der Waals surface area contributed by atoms with Crippen molar-refractivity contribution in [1.82, 2.24) is 4.98 Å². The third-order valence-electron chi connectivity index (χ3n) is 3.05. The van der Waals surface area contributed by atoms with Crippen LogP contribution in [-0.2, 0) is 0 Å². The van der Waals surface area contributed by atoms with Crippen LogP contribution in [0, 0.1) is 0 Å². The lowest BCUT2D eigenvalue weighted by Gasteiger charge is -1.98. The van der Waals surface area contributed by atoms with Crippen molar-refractivity contribution >= 4 is 16.9 Å². The Morgan fingerprint density at radius 1 is 1.05 bits per heavy atom. The number of benzene rings is 2. The number of aromatic carboxylic acids is 1. The minimum atomic E-state index is -1.06. The largest absolute Gasteiger partial charge is 0.507 e. The second kappa shape index (κ2) is 4.17. The smallest absolute Gasteiger partial charge is 0.335 e. The summed E-state index contributed by atoms with van der Waals surface area (Å²) in [6.45, 7) is 0. The molecule has 0 fully saturated rings. The van der Waals surface area contributed by atoms with E-state index in [0.29, 0.717) is 10.9 Å². The molecule has 3 aromatic rings. The second-order valence-electron chi connectivity index (χ2n) is 4.31. The maximum Gasteiger partial charge on any atom is 0.335 e. The second-order valence-corrected chi connectivity index (χ2v) is 4.31. The zero-order chi connectivity index (χ0) is 13.4. The number of phenolic OH excluding ortho intramolecular Hbond substituents is 1. The number of phenols is 1. The number of hydrogen-bond acceptors (Lipinski definition) is 2. The molecule has 0 atom stereocenters.